The number of nitrogens with zero attached hydrogens (tertiary/aromatic N) is 2. The fourth-order valence-corrected chi connectivity index (χ4v) is 6.11. The molecule has 7 nitrogen and oxygen atoms in total. The van der Waals surface area contributed by atoms with Gasteiger partial charge in [0.1, 0.15) is 0 Å². The smallest absolute Gasteiger partial charge is 0.266 e. The van der Waals surface area contributed by atoms with Crippen LogP contribution in [0.3, 0.4) is 0 Å². The Balaban J connectivity index is 1.65. The number of carbonyl (C=O) groups excluding carboxylic acids is 1. The van der Waals surface area contributed by atoms with E-state index in [9.17, 15) is 18.0 Å². The SMILES string of the molecule is Cc1ccc(-n2c(SCC(=O)N[C@@H]3CCS(=O)(=O)C3)nc3ccccc3c2=O)cc1C. The van der Waals surface area contributed by atoms with Crippen molar-refractivity contribution in [2.45, 2.75) is 31.5 Å². The maximum absolute atomic E-state index is 13.3. The number of para-hydroxylation sites is 1. The summed E-state index contributed by atoms with van der Waals surface area (Å²) in [5, 5.41) is 3.70. The molecule has 1 aliphatic rings. The van der Waals surface area contributed by atoms with E-state index in [0.29, 0.717) is 28.2 Å². The predicted octanol–water partition coefficient (Wildman–Crippen LogP) is 2.40. The summed E-state index contributed by atoms with van der Waals surface area (Å²) in [7, 11) is -3.07. The molecule has 1 aromatic heterocycles. The Hall–Kier alpha value is -2.65. The Labute approximate surface area is 184 Å². The normalized spacial score (nSPS) is 17.7. The number of carbonyl (C=O) groups is 1. The minimum Gasteiger partial charge on any atom is -0.352 e. The number of aromatic nitrogens is 2. The number of thioether (sulfide) groups is 1. The van der Waals surface area contributed by atoms with Crippen LogP contribution in [0.2, 0.25) is 0 Å². The first-order chi connectivity index (χ1) is 14.7. The molecular weight excluding hydrogens is 434 g/mol. The van der Waals surface area contributed by atoms with Gasteiger partial charge in [0.05, 0.1) is 33.8 Å². The first-order valence-electron chi connectivity index (χ1n) is 9.95. The van der Waals surface area contributed by atoms with E-state index in [1.807, 2.05) is 38.1 Å². The number of amides is 1. The molecule has 0 spiro atoms. The lowest BCUT2D eigenvalue weighted by molar-refractivity contribution is -0.119. The van der Waals surface area contributed by atoms with E-state index >= 15 is 0 Å². The number of hydrogen-bond acceptors (Lipinski definition) is 6. The van der Waals surface area contributed by atoms with E-state index in [4.69, 9.17) is 0 Å². The van der Waals surface area contributed by atoms with Crippen molar-refractivity contribution in [3.05, 3.63) is 63.9 Å². The van der Waals surface area contributed by atoms with Crippen molar-refractivity contribution in [2.75, 3.05) is 17.3 Å². The molecule has 9 heteroatoms. The molecule has 0 bridgehead atoms. The molecule has 1 N–H and O–H groups in total. The summed E-state index contributed by atoms with van der Waals surface area (Å²) in [5.74, 6) is -0.165. The molecule has 1 aliphatic heterocycles. The second-order valence-electron chi connectivity index (χ2n) is 7.78. The van der Waals surface area contributed by atoms with E-state index in [1.54, 1.807) is 18.2 Å². The molecule has 2 aromatic carbocycles. The minimum atomic E-state index is -3.07. The van der Waals surface area contributed by atoms with Crippen LogP contribution in [0.15, 0.2) is 52.4 Å². The quantitative estimate of drug-likeness (QED) is 0.467. The molecule has 0 aliphatic carbocycles. The number of rotatable bonds is 5. The Bertz CT molecular complexity index is 1330. The lowest BCUT2D eigenvalue weighted by atomic mass is 10.1. The standard InChI is InChI=1S/C22H23N3O4S2/c1-14-7-8-17(11-15(14)2)25-21(27)18-5-3-4-6-19(18)24-22(25)30-12-20(26)23-16-9-10-31(28,29)13-16/h3-8,11,16H,9-10,12-13H2,1-2H3,(H,23,26)/t16-/m1/s1. The highest BCUT2D eigenvalue weighted by molar-refractivity contribution is 7.99. The Morgan fingerprint density at radius 1 is 1.19 bits per heavy atom. The average Bonchev–Trinajstić information content (AvgIpc) is 3.07. The molecular formula is C22H23N3O4S2. The van der Waals surface area contributed by atoms with Gasteiger partial charge in [0.25, 0.3) is 5.56 Å². The van der Waals surface area contributed by atoms with Gasteiger partial charge in [-0.05, 0) is 55.7 Å². The summed E-state index contributed by atoms with van der Waals surface area (Å²) in [6.45, 7) is 3.98. The summed E-state index contributed by atoms with van der Waals surface area (Å²) in [4.78, 5) is 30.4. The highest BCUT2D eigenvalue weighted by Crippen LogP contribution is 2.23. The third kappa shape index (κ3) is 4.67. The molecule has 31 heavy (non-hydrogen) atoms. The van der Waals surface area contributed by atoms with Gasteiger partial charge in [-0.15, -0.1) is 0 Å². The van der Waals surface area contributed by atoms with Crippen LogP contribution in [0.5, 0.6) is 0 Å². The largest absolute Gasteiger partial charge is 0.352 e. The minimum absolute atomic E-state index is 0.0228. The van der Waals surface area contributed by atoms with E-state index in [0.717, 1.165) is 22.9 Å². The van der Waals surface area contributed by atoms with Crippen molar-refractivity contribution in [1.29, 1.82) is 0 Å². The zero-order valence-corrected chi connectivity index (χ0v) is 18.9. The molecule has 3 aromatic rings. The fourth-order valence-electron chi connectivity index (χ4n) is 3.61. The topological polar surface area (TPSA) is 98.1 Å². The highest BCUT2D eigenvalue weighted by Gasteiger charge is 2.29. The van der Waals surface area contributed by atoms with Gasteiger partial charge in [0.2, 0.25) is 5.91 Å². The molecule has 4 rings (SSSR count). The summed E-state index contributed by atoms with van der Waals surface area (Å²) in [6.07, 6.45) is 0.431. The van der Waals surface area contributed by atoms with E-state index in [2.05, 4.69) is 10.3 Å². The number of hydrogen-bond donors (Lipinski definition) is 1. The molecule has 1 atom stereocenters. The first kappa shape index (κ1) is 21.6. The maximum atomic E-state index is 13.3. The van der Waals surface area contributed by atoms with Crippen molar-refractivity contribution in [3.63, 3.8) is 0 Å². The Kier molecular flexibility index (Phi) is 5.90. The average molecular weight is 458 g/mol. The van der Waals surface area contributed by atoms with Gasteiger partial charge in [-0.1, -0.05) is 30.0 Å². The monoisotopic (exact) mass is 457 g/mol. The van der Waals surface area contributed by atoms with Crippen LogP contribution in [-0.4, -0.2) is 47.2 Å². The van der Waals surface area contributed by atoms with E-state index in [1.165, 1.54) is 4.57 Å². The molecule has 0 saturated carbocycles. The van der Waals surface area contributed by atoms with Crippen molar-refractivity contribution < 1.29 is 13.2 Å². The van der Waals surface area contributed by atoms with Gasteiger partial charge in [-0.2, -0.15) is 0 Å². The Morgan fingerprint density at radius 2 is 1.97 bits per heavy atom. The lowest BCUT2D eigenvalue weighted by Crippen LogP contribution is -2.36. The third-order valence-corrected chi connectivity index (χ3v) is 8.13. The lowest BCUT2D eigenvalue weighted by Gasteiger charge is -2.15. The van der Waals surface area contributed by atoms with Crippen molar-refractivity contribution in [1.82, 2.24) is 14.9 Å². The molecule has 0 unspecified atom stereocenters. The van der Waals surface area contributed by atoms with Gasteiger partial charge in [-0.25, -0.2) is 13.4 Å². The molecule has 1 fully saturated rings. The van der Waals surface area contributed by atoms with Crippen LogP contribution in [-0.2, 0) is 14.6 Å². The second kappa shape index (κ2) is 8.47. The van der Waals surface area contributed by atoms with Crippen LogP contribution < -0.4 is 10.9 Å². The number of sulfone groups is 1. The zero-order chi connectivity index (χ0) is 22.2. The molecule has 1 amide bonds. The van der Waals surface area contributed by atoms with Crippen LogP contribution >= 0.6 is 11.8 Å². The van der Waals surface area contributed by atoms with Crippen LogP contribution in [0.1, 0.15) is 17.5 Å². The van der Waals surface area contributed by atoms with Gasteiger partial charge in [-0.3, -0.25) is 14.2 Å². The molecule has 162 valence electrons. The molecule has 0 radical (unpaired) electrons. The summed E-state index contributed by atoms with van der Waals surface area (Å²) < 4.78 is 24.8. The van der Waals surface area contributed by atoms with Crippen molar-refractivity contribution in [2.24, 2.45) is 0 Å². The van der Waals surface area contributed by atoms with Gasteiger partial charge in [0.15, 0.2) is 15.0 Å². The molecule has 2 heterocycles. The Morgan fingerprint density at radius 3 is 2.68 bits per heavy atom. The van der Waals surface area contributed by atoms with Crippen LogP contribution in [0.4, 0.5) is 0 Å². The van der Waals surface area contributed by atoms with E-state index in [-0.39, 0.29) is 34.8 Å². The van der Waals surface area contributed by atoms with Gasteiger partial charge >= 0.3 is 0 Å². The predicted molar refractivity (Wildman–Crippen MR) is 123 cm³/mol. The summed E-state index contributed by atoms with van der Waals surface area (Å²) in [6, 6.07) is 12.5. The van der Waals surface area contributed by atoms with Crippen molar-refractivity contribution >= 4 is 38.4 Å². The first-order valence-corrected chi connectivity index (χ1v) is 12.8. The van der Waals surface area contributed by atoms with E-state index < -0.39 is 9.84 Å². The number of fused-ring (bicyclic) bond motifs is 1. The fraction of sp³-hybridized carbons (Fsp3) is 0.318. The zero-order valence-electron chi connectivity index (χ0n) is 17.3. The maximum Gasteiger partial charge on any atom is 0.266 e. The highest BCUT2D eigenvalue weighted by atomic mass is 32.2. The molecule has 1 saturated heterocycles. The second-order valence-corrected chi connectivity index (χ2v) is 10.9. The van der Waals surface area contributed by atoms with Crippen LogP contribution in [0.25, 0.3) is 16.6 Å². The van der Waals surface area contributed by atoms with Gasteiger partial charge < -0.3 is 5.32 Å². The number of aryl methyl sites for hydroxylation is 2. The van der Waals surface area contributed by atoms with Crippen molar-refractivity contribution in [3.8, 4) is 5.69 Å². The number of nitrogens with one attached hydrogen (secondary N) is 1. The van der Waals surface area contributed by atoms with Crippen LogP contribution in [0, 0.1) is 13.8 Å². The number of benzene rings is 2. The summed E-state index contributed by atoms with van der Waals surface area (Å²) >= 11 is 1.16. The third-order valence-electron chi connectivity index (χ3n) is 5.42. The van der Waals surface area contributed by atoms with Gasteiger partial charge in [0, 0.05) is 6.04 Å². The summed E-state index contributed by atoms with van der Waals surface area (Å²) in [5.41, 5.74) is 3.23.